The van der Waals surface area contributed by atoms with E-state index >= 15 is 0 Å². The molecule has 3 N–H and O–H groups in total. The van der Waals surface area contributed by atoms with Crippen LogP contribution in [0.15, 0.2) is 22.7 Å². The van der Waals surface area contributed by atoms with Crippen LogP contribution < -0.4 is 11.3 Å². The molecule has 1 aliphatic heterocycles. The van der Waals surface area contributed by atoms with Crippen molar-refractivity contribution < 1.29 is 4.74 Å². The first-order valence-corrected chi connectivity index (χ1v) is 9.06. The Bertz CT molecular complexity index is 493. The van der Waals surface area contributed by atoms with Crippen molar-refractivity contribution in [2.24, 2.45) is 11.8 Å². The smallest absolute Gasteiger partial charge is 0.0686 e. The van der Waals surface area contributed by atoms with Gasteiger partial charge in [0.2, 0.25) is 0 Å². The molecule has 1 saturated carbocycles. The maximum Gasteiger partial charge on any atom is 0.0686 e. The molecule has 1 heterocycles. The second kappa shape index (κ2) is 6.20. The van der Waals surface area contributed by atoms with Crippen molar-refractivity contribution in [2.75, 3.05) is 6.61 Å². The SMILES string of the molecule is NNC(c1cc(Br)ccc1I)C1CCOC2(CCC2)C1. The fraction of sp³-hybridized carbons (Fsp3) is 0.600. The molecule has 1 spiro atoms. The lowest BCUT2D eigenvalue weighted by Gasteiger charge is -2.48. The van der Waals surface area contributed by atoms with Crippen molar-refractivity contribution in [3.63, 3.8) is 0 Å². The Balaban J connectivity index is 1.83. The Kier molecular flexibility index (Phi) is 4.72. The van der Waals surface area contributed by atoms with Crippen LogP contribution in [-0.4, -0.2) is 12.2 Å². The van der Waals surface area contributed by atoms with E-state index in [4.69, 9.17) is 10.6 Å². The van der Waals surface area contributed by atoms with Crippen LogP contribution in [0.4, 0.5) is 0 Å². The second-order valence-electron chi connectivity index (χ2n) is 5.95. The van der Waals surface area contributed by atoms with E-state index < -0.39 is 0 Å². The van der Waals surface area contributed by atoms with Gasteiger partial charge in [0.15, 0.2) is 0 Å². The van der Waals surface area contributed by atoms with E-state index in [1.807, 2.05) is 0 Å². The maximum absolute atomic E-state index is 6.04. The number of hydrogen-bond acceptors (Lipinski definition) is 3. The molecule has 3 nitrogen and oxygen atoms in total. The van der Waals surface area contributed by atoms with E-state index in [0.717, 1.165) is 23.9 Å². The van der Waals surface area contributed by atoms with E-state index in [1.165, 1.54) is 28.4 Å². The van der Waals surface area contributed by atoms with Crippen LogP contribution in [-0.2, 0) is 4.74 Å². The third kappa shape index (κ3) is 2.92. The highest BCUT2D eigenvalue weighted by Gasteiger charge is 2.44. The summed E-state index contributed by atoms with van der Waals surface area (Å²) in [6.07, 6.45) is 5.96. The van der Waals surface area contributed by atoms with Gasteiger partial charge in [-0.2, -0.15) is 0 Å². The summed E-state index contributed by atoms with van der Waals surface area (Å²) in [5.74, 6) is 6.45. The normalized spacial score (nSPS) is 26.2. The molecule has 3 rings (SSSR count). The highest BCUT2D eigenvalue weighted by Crippen LogP contribution is 2.47. The molecular weight excluding hydrogens is 431 g/mol. The monoisotopic (exact) mass is 450 g/mol. The first-order valence-electron chi connectivity index (χ1n) is 7.19. The molecule has 0 radical (unpaired) electrons. The lowest BCUT2D eigenvalue weighted by Crippen LogP contribution is -2.48. The van der Waals surface area contributed by atoms with Gasteiger partial charge in [-0.3, -0.25) is 11.3 Å². The van der Waals surface area contributed by atoms with Crippen molar-refractivity contribution in [3.05, 3.63) is 31.8 Å². The first-order chi connectivity index (χ1) is 9.63. The summed E-state index contributed by atoms with van der Waals surface area (Å²) < 4.78 is 8.41. The summed E-state index contributed by atoms with van der Waals surface area (Å²) in [7, 11) is 0. The zero-order chi connectivity index (χ0) is 14.2. The number of rotatable bonds is 3. The van der Waals surface area contributed by atoms with Gasteiger partial charge in [0.05, 0.1) is 11.6 Å². The number of nitrogens with two attached hydrogens (primary N) is 1. The molecule has 2 aliphatic rings. The lowest BCUT2D eigenvalue weighted by molar-refractivity contribution is -0.147. The van der Waals surface area contributed by atoms with Crippen LogP contribution in [0.5, 0.6) is 0 Å². The van der Waals surface area contributed by atoms with Crippen molar-refractivity contribution in [2.45, 2.75) is 43.7 Å². The van der Waals surface area contributed by atoms with E-state index in [1.54, 1.807) is 0 Å². The van der Waals surface area contributed by atoms with E-state index in [-0.39, 0.29) is 11.6 Å². The fourth-order valence-corrected chi connectivity index (χ4v) is 4.55. The molecule has 1 aromatic rings. The second-order valence-corrected chi connectivity index (χ2v) is 8.03. The van der Waals surface area contributed by atoms with Gasteiger partial charge < -0.3 is 4.74 Å². The number of nitrogens with one attached hydrogen (secondary N) is 1. The average Bonchev–Trinajstić information content (AvgIpc) is 2.42. The quantitative estimate of drug-likeness (QED) is 0.417. The number of ether oxygens (including phenoxy) is 1. The van der Waals surface area contributed by atoms with Gasteiger partial charge in [-0.15, -0.1) is 0 Å². The van der Waals surface area contributed by atoms with Gasteiger partial charge in [0, 0.05) is 14.6 Å². The minimum Gasteiger partial charge on any atom is -0.375 e. The summed E-state index contributed by atoms with van der Waals surface area (Å²) >= 11 is 5.96. The van der Waals surface area contributed by atoms with Crippen LogP contribution in [0.1, 0.15) is 43.7 Å². The molecular formula is C15H20BrIN2O. The van der Waals surface area contributed by atoms with Crippen molar-refractivity contribution in [1.82, 2.24) is 5.43 Å². The third-order valence-electron chi connectivity index (χ3n) is 4.74. The number of benzene rings is 1. The predicted molar refractivity (Wildman–Crippen MR) is 92.2 cm³/mol. The van der Waals surface area contributed by atoms with Gasteiger partial charge in [-0.1, -0.05) is 15.9 Å². The van der Waals surface area contributed by atoms with Crippen molar-refractivity contribution >= 4 is 38.5 Å². The van der Waals surface area contributed by atoms with Crippen LogP contribution in [0.25, 0.3) is 0 Å². The van der Waals surface area contributed by atoms with Crippen LogP contribution in [0.3, 0.4) is 0 Å². The average molecular weight is 451 g/mol. The molecule has 0 amide bonds. The van der Waals surface area contributed by atoms with Crippen molar-refractivity contribution in [1.29, 1.82) is 0 Å². The molecule has 1 aromatic carbocycles. The summed E-state index contributed by atoms with van der Waals surface area (Å²) in [5, 5.41) is 0. The molecule has 2 fully saturated rings. The Morgan fingerprint density at radius 2 is 2.25 bits per heavy atom. The molecule has 1 aliphatic carbocycles. The Hall–Kier alpha value is 0.310. The zero-order valence-electron chi connectivity index (χ0n) is 11.4. The summed E-state index contributed by atoms with van der Waals surface area (Å²) in [4.78, 5) is 0. The van der Waals surface area contributed by atoms with Crippen LogP contribution in [0, 0.1) is 9.49 Å². The molecule has 110 valence electrons. The standard InChI is InChI=1S/C15H20BrIN2O/c16-11-2-3-13(17)12(8-11)14(19-18)10-4-7-20-15(9-10)5-1-6-15/h2-3,8,10,14,19H,1,4-7,9,18H2. The minimum atomic E-state index is 0.162. The number of hydrazine groups is 1. The molecule has 0 bridgehead atoms. The van der Waals surface area contributed by atoms with Gasteiger partial charge in [-0.25, -0.2) is 0 Å². The Morgan fingerprint density at radius 1 is 1.45 bits per heavy atom. The largest absolute Gasteiger partial charge is 0.375 e. The molecule has 2 unspecified atom stereocenters. The fourth-order valence-electron chi connectivity index (χ4n) is 3.50. The highest BCUT2D eigenvalue weighted by atomic mass is 127. The van der Waals surface area contributed by atoms with Gasteiger partial charge in [0.25, 0.3) is 0 Å². The molecule has 5 heteroatoms. The Labute approximate surface area is 142 Å². The van der Waals surface area contributed by atoms with E-state index in [9.17, 15) is 0 Å². The minimum absolute atomic E-state index is 0.162. The van der Waals surface area contributed by atoms with Gasteiger partial charge >= 0.3 is 0 Å². The lowest BCUT2D eigenvalue weighted by atomic mass is 9.70. The van der Waals surface area contributed by atoms with Crippen LogP contribution >= 0.6 is 38.5 Å². The summed E-state index contributed by atoms with van der Waals surface area (Å²) in [5.41, 5.74) is 4.52. The molecule has 2 atom stereocenters. The van der Waals surface area contributed by atoms with E-state index in [2.05, 4.69) is 62.1 Å². The zero-order valence-corrected chi connectivity index (χ0v) is 15.1. The molecule has 20 heavy (non-hydrogen) atoms. The Morgan fingerprint density at radius 3 is 2.90 bits per heavy atom. The van der Waals surface area contributed by atoms with Crippen molar-refractivity contribution in [3.8, 4) is 0 Å². The summed E-state index contributed by atoms with van der Waals surface area (Å²) in [6, 6.07) is 6.62. The van der Waals surface area contributed by atoms with E-state index in [0.29, 0.717) is 5.92 Å². The number of halogens is 2. The summed E-state index contributed by atoms with van der Waals surface area (Å²) in [6.45, 7) is 0.868. The molecule has 1 saturated heterocycles. The van der Waals surface area contributed by atoms with Gasteiger partial charge in [0.1, 0.15) is 0 Å². The predicted octanol–water partition coefficient (Wildman–Crippen LogP) is 3.91. The maximum atomic E-state index is 6.04. The van der Waals surface area contributed by atoms with Crippen LogP contribution in [0.2, 0.25) is 0 Å². The first kappa shape index (κ1) is 15.2. The third-order valence-corrected chi connectivity index (χ3v) is 6.22. The molecule has 0 aromatic heterocycles. The number of hydrogen-bond donors (Lipinski definition) is 2. The topological polar surface area (TPSA) is 47.3 Å². The van der Waals surface area contributed by atoms with Gasteiger partial charge in [-0.05, 0) is 84.4 Å². The highest BCUT2D eigenvalue weighted by molar-refractivity contribution is 14.1.